The lowest BCUT2D eigenvalue weighted by atomic mass is 10.1. The summed E-state index contributed by atoms with van der Waals surface area (Å²) in [4.78, 5) is -0.407. The molecule has 0 spiro atoms. The molecule has 1 heterocycles. The van der Waals surface area contributed by atoms with Gasteiger partial charge in [-0.05, 0) is 20.8 Å². The molecular weight excluding hydrogens is 477 g/mol. The molecule has 22 heavy (non-hydrogen) atoms. The number of rotatable bonds is 5. The fraction of sp³-hybridized carbons (Fsp3) is 0.700. The first kappa shape index (κ1) is 20.1. The molecular formula is C10H13Br2F3N2O3S2. The number of hydrogen-bond donors (Lipinski definition) is 1. The van der Waals surface area contributed by atoms with Gasteiger partial charge in [0.2, 0.25) is 15.1 Å². The molecule has 12 heteroatoms. The lowest BCUT2D eigenvalue weighted by Crippen LogP contribution is -2.40. The molecule has 0 saturated heterocycles. The SMILES string of the molecule is CC(C)(C)NS(=O)(=O)c1c(C(Br)Br)nsc1OCC(F)(F)F. The summed E-state index contributed by atoms with van der Waals surface area (Å²) in [6, 6.07) is 0. The Balaban J connectivity index is 3.27. The number of nitrogens with one attached hydrogen (secondary N) is 1. The average molecular weight is 490 g/mol. The zero-order valence-corrected chi connectivity index (χ0v) is 16.5. The van der Waals surface area contributed by atoms with Crippen molar-refractivity contribution >= 4 is 53.4 Å². The second-order valence-corrected chi connectivity index (χ2v) is 10.7. The normalized spacial score (nSPS) is 13.7. The van der Waals surface area contributed by atoms with E-state index in [-0.39, 0.29) is 5.69 Å². The summed E-state index contributed by atoms with van der Waals surface area (Å²) in [7, 11) is -4.10. The van der Waals surface area contributed by atoms with Crippen LogP contribution in [0.2, 0.25) is 0 Å². The highest BCUT2D eigenvalue weighted by atomic mass is 79.9. The van der Waals surface area contributed by atoms with Crippen LogP contribution in [0.25, 0.3) is 0 Å². The molecule has 0 radical (unpaired) electrons. The number of sulfonamides is 1. The van der Waals surface area contributed by atoms with Crippen LogP contribution in [0, 0.1) is 0 Å². The third-order valence-electron chi connectivity index (χ3n) is 1.93. The van der Waals surface area contributed by atoms with Crippen molar-refractivity contribution in [2.24, 2.45) is 0 Å². The minimum absolute atomic E-state index is 0.0268. The Labute approximate surface area is 147 Å². The molecule has 0 aromatic carbocycles. The van der Waals surface area contributed by atoms with E-state index < -0.39 is 42.0 Å². The van der Waals surface area contributed by atoms with Gasteiger partial charge in [-0.3, -0.25) is 0 Å². The predicted molar refractivity (Wildman–Crippen MR) is 84.3 cm³/mol. The van der Waals surface area contributed by atoms with Gasteiger partial charge in [0, 0.05) is 17.1 Å². The minimum atomic E-state index is -4.58. The van der Waals surface area contributed by atoms with Crippen LogP contribution in [0.1, 0.15) is 30.2 Å². The van der Waals surface area contributed by atoms with Crippen molar-refractivity contribution in [3.63, 3.8) is 0 Å². The largest absolute Gasteiger partial charge is 0.472 e. The van der Waals surface area contributed by atoms with Gasteiger partial charge < -0.3 is 4.74 Å². The Morgan fingerprint density at radius 2 is 1.86 bits per heavy atom. The lowest BCUT2D eigenvalue weighted by molar-refractivity contribution is -0.153. The number of ether oxygens (including phenoxy) is 1. The summed E-state index contributed by atoms with van der Waals surface area (Å²) in [6.07, 6.45) is -4.58. The van der Waals surface area contributed by atoms with E-state index in [0.29, 0.717) is 11.5 Å². The number of nitrogens with zero attached hydrogens (tertiary/aromatic N) is 1. The predicted octanol–water partition coefficient (Wildman–Crippen LogP) is 3.95. The van der Waals surface area contributed by atoms with Crippen molar-refractivity contribution in [2.75, 3.05) is 6.61 Å². The van der Waals surface area contributed by atoms with Gasteiger partial charge in [-0.1, -0.05) is 31.9 Å². The van der Waals surface area contributed by atoms with Crippen LogP contribution in [0.15, 0.2) is 4.90 Å². The Hall–Kier alpha value is 0.0900. The molecule has 1 aromatic heterocycles. The summed E-state index contributed by atoms with van der Waals surface area (Å²) in [6.45, 7) is 3.24. The number of alkyl halides is 5. The molecule has 0 saturated carbocycles. The van der Waals surface area contributed by atoms with Crippen molar-refractivity contribution in [1.29, 1.82) is 0 Å². The molecule has 0 aliphatic carbocycles. The van der Waals surface area contributed by atoms with Crippen LogP contribution in [-0.2, 0) is 10.0 Å². The van der Waals surface area contributed by atoms with E-state index in [1.165, 1.54) is 0 Å². The van der Waals surface area contributed by atoms with Crippen molar-refractivity contribution in [3.8, 4) is 5.06 Å². The quantitative estimate of drug-likeness (QED) is 0.636. The van der Waals surface area contributed by atoms with E-state index >= 15 is 0 Å². The molecule has 1 rings (SSSR count). The van der Waals surface area contributed by atoms with Crippen LogP contribution in [0.4, 0.5) is 13.2 Å². The van der Waals surface area contributed by atoms with Gasteiger partial charge in [0.05, 0.1) is 0 Å². The standard InChI is InChI=1S/C10H13Br2F3N2O3S2/c1-9(2,3)17-22(18,19)6-5(7(11)12)16-21-8(6)20-4-10(13,14)15/h7,17H,4H2,1-3H3. The van der Waals surface area contributed by atoms with Gasteiger partial charge in [0.1, 0.15) is 9.43 Å². The first-order valence-electron chi connectivity index (χ1n) is 5.74. The highest BCUT2D eigenvalue weighted by Crippen LogP contribution is 2.41. The molecule has 5 nitrogen and oxygen atoms in total. The molecule has 0 atom stereocenters. The van der Waals surface area contributed by atoms with Gasteiger partial charge in [-0.2, -0.15) is 17.5 Å². The maximum Gasteiger partial charge on any atom is 0.422 e. The van der Waals surface area contributed by atoms with Crippen LogP contribution < -0.4 is 9.46 Å². The van der Waals surface area contributed by atoms with Crippen molar-refractivity contribution < 1.29 is 26.3 Å². The lowest BCUT2D eigenvalue weighted by Gasteiger charge is -2.21. The first-order valence-corrected chi connectivity index (χ1v) is 9.83. The molecule has 0 fully saturated rings. The number of halogens is 5. The highest BCUT2D eigenvalue weighted by molar-refractivity contribution is 9.24. The van der Waals surface area contributed by atoms with Gasteiger partial charge in [0.25, 0.3) is 0 Å². The molecule has 128 valence electrons. The highest BCUT2D eigenvalue weighted by Gasteiger charge is 2.35. The summed E-state index contributed by atoms with van der Waals surface area (Å²) in [5.74, 6) is 0. The molecule has 0 amide bonds. The smallest absolute Gasteiger partial charge is 0.422 e. The maximum atomic E-state index is 12.4. The van der Waals surface area contributed by atoms with Crippen molar-refractivity contribution in [1.82, 2.24) is 9.10 Å². The van der Waals surface area contributed by atoms with E-state index in [4.69, 9.17) is 0 Å². The maximum absolute atomic E-state index is 12.4. The van der Waals surface area contributed by atoms with E-state index in [1.807, 2.05) is 0 Å². The Kier molecular flexibility index (Phi) is 6.33. The van der Waals surface area contributed by atoms with Crippen LogP contribution in [-0.4, -0.2) is 31.1 Å². The Bertz CT molecular complexity index is 624. The zero-order chi connectivity index (χ0) is 17.3. The first-order chi connectivity index (χ1) is 9.73. The molecule has 0 unspecified atom stereocenters. The van der Waals surface area contributed by atoms with Crippen molar-refractivity contribution in [2.45, 2.75) is 41.1 Å². The van der Waals surface area contributed by atoms with Gasteiger partial charge in [-0.25, -0.2) is 13.1 Å². The van der Waals surface area contributed by atoms with Crippen LogP contribution >= 0.6 is 43.4 Å². The molecule has 0 aliphatic rings. The number of hydrogen-bond acceptors (Lipinski definition) is 5. The minimum Gasteiger partial charge on any atom is -0.472 e. The van der Waals surface area contributed by atoms with Crippen molar-refractivity contribution in [3.05, 3.63) is 5.69 Å². The Morgan fingerprint density at radius 3 is 2.27 bits per heavy atom. The third kappa shape index (κ3) is 5.95. The van der Waals surface area contributed by atoms with Gasteiger partial charge in [-0.15, -0.1) is 0 Å². The summed E-state index contributed by atoms with van der Waals surface area (Å²) in [5.41, 5.74) is -0.785. The third-order valence-corrected chi connectivity index (χ3v) is 5.51. The summed E-state index contributed by atoms with van der Waals surface area (Å²) < 4.78 is 71.9. The molecule has 1 aromatic rings. The van der Waals surface area contributed by atoms with Gasteiger partial charge in [0.15, 0.2) is 11.5 Å². The molecule has 1 N–H and O–H groups in total. The topological polar surface area (TPSA) is 68.3 Å². The second-order valence-electron chi connectivity index (χ2n) is 5.24. The van der Waals surface area contributed by atoms with Crippen LogP contribution in [0.3, 0.4) is 0 Å². The fourth-order valence-electron chi connectivity index (χ4n) is 1.36. The average Bonchev–Trinajstić information content (AvgIpc) is 2.66. The van der Waals surface area contributed by atoms with Gasteiger partial charge >= 0.3 is 6.18 Å². The van der Waals surface area contributed by atoms with E-state index in [0.717, 1.165) is 0 Å². The molecule has 0 aliphatic heterocycles. The molecule has 0 bridgehead atoms. The van der Waals surface area contributed by atoms with Crippen LogP contribution in [0.5, 0.6) is 5.06 Å². The summed E-state index contributed by atoms with van der Waals surface area (Å²) in [5, 5.41) is -0.409. The van der Waals surface area contributed by atoms with E-state index in [9.17, 15) is 21.6 Å². The second kappa shape index (κ2) is 6.91. The number of aromatic nitrogens is 1. The zero-order valence-electron chi connectivity index (χ0n) is 11.7. The monoisotopic (exact) mass is 488 g/mol. The van der Waals surface area contributed by atoms with E-state index in [1.54, 1.807) is 20.8 Å². The van der Waals surface area contributed by atoms with E-state index in [2.05, 4.69) is 45.7 Å². The Morgan fingerprint density at radius 1 is 1.32 bits per heavy atom. The summed E-state index contributed by atoms with van der Waals surface area (Å²) >= 11 is 6.75. The fourth-order valence-corrected chi connectivity index (χ4v) is 5.40.